The lowest BCUT2D eigenvalue weighted by molar-refractivity contribution is -0.136. The minimum absolute atomic E-state index is 0.0194. The molecule has 0 saturated carbocycles. The van der Waals surface area contributed by atoms with Crippen molar-refractivity contribution in [3.8, 4) is 11.1 Å². The molecule has 4 N–H and O–H groups in total. The van der Waals surface area contributed by atoms with Crippen molar-refractivity contribution < 1.29 is 23.6 Å². The number of hydrogen-bond donors (Lipinski definition) is 3. The highest BCUT2D eigenvalue weighted by atomic mass is 19.1. The van der Waals surface area contributed by atoms with Gasteiger partial charge < -0.3 is 25.4 Å². The van der Waals surface area contributed by atoms with Gasteiger partial charge in [0.25, 0.3) is 5.91 Å². The number of nitrogens with two attached hydrogens (primary N) is 1. The predicted octanol–water partition coefficient (Wildman–Crippen LogP) is 6.35. The molecule has 0 unspecified atom stereocenters. The maximum absolute atomic E-state index is 14.8. The molecule has 5 aromatic rings. The van der Waals surface area contributed by atoms with E-state index in [-0.39, 0.29) is 29.7 Å². The first-order valence-corrected chi connectivity index (χ1v) is 20.0. The molecule has 3 amide bonds. The van der Waals surface area contributed by atoms with E-state index in [1.54, 1.807) is 24.2 Å². The van der Waals surface area contributed by atoms with Gasteiger partial charge in [-0.05, 0) is 123 Å². The van der Waals surface area contributed by atoms with Crippen LogP contribution in [0.25, 0.3) is 22.2 Å². The number of piperidine rings is 3. The van der Waals surface area contributed by atoms with Crippen LogP contribution >= 0.6 is 0 Å². The van der Waals surface area contributed by atoms with Crippen LogP contribution in [0.15, 0.2) is 73.1 Å². The summed E-state index contributed by atoms with van der Waals surface area (Å²) < 4.78 is 14.8. The van der Waals surface area contributed by atoms with Gasteiger partial charge in [0.1, 0.15) is 17.5 Å². The summed E-state index contributed by atoms with van der Waals surface area (Å²) in [6.07, 6.45) is 8.45. The van der Waals surface area contributed by atoms with E-state index in [1.165, 1.54) is 23.4 Å². The standard InChI is InChI=1S/C45H46FN7O4/c1-26-38(47)9-8-37(46)41(26)42(55)36-23-49-43-35(36)21-31(22-48-43)28-2-5-33(6-3-28)52-18-12-27(13-19-52)24-51-16-14-29(15-17-51)30-4-7-34-32(20-30)25-53(45(34)57)39-10-11-40(54)50-44(39)56/h2-9,20-23,27,29,39H,10-19,24-25,47H2,1H3,(H,48,49)(H,50,54,56)/t39-/m0/s1. The minimum atomic E-state index is -0.595. The highest BCUT2D eigenvalue weighted by Gasteiger charge is 2.39. The fourth-order valence-electron chi connectivity index (χ4n) is 9.36. The summed E-state index contributed by atoms with van der Waals surface area (Å²) >= 11 is 0. The van der Waals surface area contributed by atoms with Crippen LogP contribution in [0.1, 0.15) is 87.4 Å². The molecule has 2 aromatic heterocycles. The summed E-state index contributed by atoms with van der Waals surface area (Å²) in [5.74, 6) is -0.693. The van der Waals surface area contributed by atoms with Crippen LogP contribution in [-0.4, -0.2) is 82.0 Å². The molecule has 4 aliphatic heterocycles. The van der Waals surface area contributed by atoms with Crippen LogP contribution in [0.2, 0.25) is 0 Å². The molecule has 292 valence electrons. The van der Waals surface area contributed by atoms with Crippen LogP contribution in [0, 0.1) is 18.7 Å². The molecule has 0 spiro atoms. The Hall–Kier alpha value is -5.88. The Kier molecular flexibility index (Phi) is 9.60. The maximum Gasteiger partial charge on any atom is 0.255 e. The first-order valence-electron chi connectivity index (χ1n) is 20.0. The number of carbonyl (C=O) groups excluding carboxylic acids is 4. The van der Waals surface area contributed by atoms with E-state index < -0.39 is 17.6 Å². The summed E-state index contributed by atoms with van der Waals surface area (Å²) in [6.45, 7) is 7.31. The lowest BCUT2D eigenvalue weighted by atomic mass is 9.87. The van der Waals surface area contributed by atoms with Crippen molar-refractivity contribution in [3.05, 3.63) is 112 Å². The van der Waals surface area contributed by atoms with Gasteiger partial charge in [-0.15, -0.1) is 0 Å². The molecule has 0 radical (unpaired) electrons. The van der Waals surface area contributed by atoms with Gasteiger partial charge in [-0.1, -0.05) is 24.3 Å². The summed E-state index contributed by atoms with van der Waals surface area (Å²) in [7, 11) is 0. The molecule has 3 saturated heterocycles. The molecular weight excluding hydrogens is 722 g/mol. The van der Waals surface area contributed by atoms with Crippen LogP contribution in [0.3, 0.4) is 0 Å². The minimum Gasteiger partial charge on any atom is -0.398 e. The fraction of sp³-hybridized carbons (Fsp3) is 0.356. The third-order valence-electron chi connectivity index (χ3n) is 12.8. The van der Waals surface area contributed by atoms with Crippen molar-refractivity contribution in [1.82, 2.24) is 25.1 Å². The Morgan fingerprint density at radius 1 is 0.912 bits per heavy atom. The molecule has 1 atom stereocenters. The molecule has 4 aliphatic rings. The average Bonchev–Trinajstić information content (AvgIpc) is 3.80. The van der Waals surface area contributed by atoms with Gasteiger partial charge in [0.2, 0.25) is 11.8 Å². The third kappa shape index (κ3) is 6.96. The summed E-state index contributed by atoms with van der Waals surface area (Å²) in [4.78, 5) is 65.1. The third-order valence-corrected chi connectivity index (χ3v) is 12.8. The van der Waals surface area contributed by atoms with Gasteiger partial charge in [0, 0.05) is 78.4 Å². The molecule has 0 bridgehead atoms. The number of hydrogen-bond acceptors (Lipinski definition) is 8. The number of rotatable bonds is 8. The van der Waals surface area contributed by atoms with Gasteiger partial charge in [0.15, 0.2) is 5.78 Å². The van der Waals surface area contributed by atoms with Gasteiger partial charge in [0.05, 0.1) is 5.56 Å². The second-order valence-corrected chi connectivity index (χ2v) is 16.2. The molecular formula is C45H46FN7O4. The fourth-order valence-corrected chi connectivity index (χ4v) is 9.36. The zero-order valence-electron chi connectivity index (χ0n) is 32.0. The Bertz CT molecular complexity index is 2410. The Balaban J connectivity index is 0.772. The topological polar surface area (TPSA) is 145 Å². The maximum atomic E-state index is 14.8. The number of ketones is 1. The highest BCUT2D eigenvalue weighted by Crippen LogP contribution is 2.35. The summed E-state index contributed by atoms with van der Waals surface area (Å²) in [5, 5.41) is 3.02. The van der Waals surface area contributed by atoms with E-state index in [2.05, 4.69) is 61.5 Å². The summed E-state index contributed by atoms with van der Waals surface area (Å²) in [5.41, 5.74) is 13.7. The number of amides is 3. The van der Waals surface area contributed by atoms with Gasteiger partial charge in [-0.25, -0.2) is 9.37 Å². The number of aromatic amines is 1. The molecule has 3 aromatic carbocycles. The van der Waals surface area contributed by atoms with E-state index in [4.69, 9.17) is 5.73 Å². The number of nitrogens with zero attached hydrogens (tertiary/aromatic N) is 4. The number of fused-ring (bicyclic) bond motifs is 2. The van der Waals surface area contributed by atoms with Crippen LogP contribution in [0.5, 0.6) is 0 Å². The number of halogens is 1. The number of benzene rings is 3. The molecule has 0 aliphatic carbocycles. The Morgan fingerprint density at radius 2 is 1.68 bits per heavy atom. The molecule has 9 rings (SSSR count). The Labute approximate surface area is 330 Å². The average molecular weight is 768 g/mol. The quantitative estimate of drug-likeness (QED) is 0.0942. The number of likely N-dealkylation sites (tertiary alicyclic amines) is 1. The monoisotopic (exact) mass is 767 g/mol. The van der Waals surface area contributed by atoms with Crippen molar-refractivity contribution in [2.24, 2.45) is 5.92 Å². The van der Waals surface area contributed by atoms with Crippen molar-refractivity contribution in [2.45, 2.75) is 64.0 Å². The Morgan fingerprint density at radius 3 is 2.44 bits per heavy atom. The van der Waals surface area contributed by atoms with Crippen molar-refractivity contribution >= 4 is 45.9 Å². The molecule has 3 fully saturated rings. The SMILES string of the molecule is Cc1c(N)ccc(F)c1C(=O)c1c[nH]c2ncc(-c3ccc(N4CCC(CN5CCC(c6ccc7c(c6)CN([C@H]6CCC(=O)NC6=O)C7=O)CC5)CC4)cc3)cc12. The second kappa shape index (κ2) is 14.9. The highest BCUT2D eigenvalue weighted by molar-refractivity contribution is 6.17. The summed E-state index contributed by atoms with van der Waals surface area (Å²) in [6, 6.07) is 18.7. The van der Waals surface area contributed by atoms with Crippen molar-refractivity contribution in [1.29, 1.82) is 0 Å². The normalized spacial score (nSPS) is 19.7. The number of H-pyrrole nitrogens is 1. The van der Waals surface area contributed by atoms with Gasteiger partial charge in [-0.3, -0.25) is 24.5 Å². The predicted molar refractivity (Wildman–Crippen MR) is 216 cm³/mol. The molecule has 11 nitrogen and oxygen atoms in total. The lowest BCUT2D eigenvalue weighted by Gasteiger charge is -2.38. The molecule has 12 heteroatoms. The van der Waals surface area contributed by atoms with Crippen LogP contribution in [-0.2, 0) is 16.1 Å². The van der Waals surface area contributed by atoms with Crippen LogP contribution < -0.4 is 16.0 Å². The van der Waals surface area contributed by atoms with Crippen LogP contribution in [0.4, 0.5) is 15.8 Å². The van der Waals surface area contributed by atoms with E-state index in [9.17, 15) is 23.6 Å². The van der Waals surface area contributed by atoms with Gasteiger partial charge in [-0.2, -0.15) is 0 Å². The van der Waals surface area contributed by atoms with E-state index in [1.807, 2.05) is 12.1 Å². The van der Waals surface area contributed by atoms with Crippen molar-refractivity contribution in [2.75, 3.05) is 43.4 Å². The smallest absolute Gasteiger partial charge is 0.255 e. The van der Waals surface area contributed by atoms with E-state index >= 15 is 0 Å². The molecule has 57 heavy (non-hydrogen) atoms. The number of imide groups is 1. The van der Waals surface area contributed by atoms with E-state index in [0.29, 0.717) is 58.2 Å². The van der Waals surface area contributed by atoms with Gasteiger partial charge >= 0.3 is 0 Å². The first kappa shape index (κ1) is 36.7. The molecule has 6 heterocycles. The number of nitrogen functional groups attached to an aromatic ring is 1. The number of carbonyl (C=O) groups is 4. The first-order chi connectivity index (χ1) is 27.6. The lowest BCUT2D eigenvalue weighted by Crippen LogP contribution is -2.52. The van der Waals surface area contributed by atoms with Crippen molar-refractivity contribution in [3.63, 3.8) is 0 Å². The largest absolute Gasteiger partial charge is 0.398 e. The number of nitrogens with one attached hydrogen (secondary N) is 2. The number of anilines is 2. The zero-order chi connectivity index (χ0) is 39.4. The van der Waals surface area contributed by atoms with E-state index in [0.717, 1.165) is 75.1 Å². The number of aromatic nitrogens is 2. The second-order valence-electron chi connectivity index (χ2n) is 16.2. The number of pyridine rings is 1. The zero-order valence-corrected chi connectivity index (χ0v) is 32.0.